The Labute approximate surface area is 71.9 Å². The summed E-state index contributed by atoms with van der Waals surface area (Å²) in [5.41, 5.74) is 0. The summed E-state index contributed by atoms with van der Waals surface area (Å²) in [6.45, 7) is 13.3. The highest BCUT2D eigenvalue weighted by Crippen LogP contribution is 1.89. The smallest absolute Gasteiger partial charge is 0.000840 e. The van der Waals surface area contributed by atoms with E-state index in [4.69, 9.17) is 0 Å². The molecular formula is C10H23N. The lowest BCUT2D eigenvalue weighted by atomic mass is 10.2. The third-order valence-corrected chi connectivity index (χ3v) is 0.928. The summed E-state index contributed by atoms with van der Waals surface area (Å²) in [5.74, 6) is 1.44. The van der Waals surface area contributed by atoms with Gasteiger partial charge in [0.15, 0.2) is 0 Å². The molecule has 0 amide bonds. The van der Waals surface area contributed by atoms with E-state index in [1.807, 2.05) is 13.1 Å². The maximum Gasteiger partial charge on any atom is 0.000840 e. The molecule has 0 spiro atoms. The molecule has 0 aliphatic rings. The molecule has 0 heterocycles. The van der Waals surface area contributed by atoms with Crippen molar-refractivity contribution in [1.82, 2.24) is 5.32 Å². The molecule has 0 aliphatic heterocycles. The molecule has 0 aliphatic carbocycles. The van der Waals surface area contributed by atoms with E-state index in [1.165, 1.54) is 0 Å². The minimum Gasteiger partial charge on any atom is -0.319 e. The highest BCUT2D eigenvalue weighted by Gasteiger charge is 1.88. The van der Waals surface area contributed by atoms with Crippen molar-refractivity contribution in [3.05, 3.63) is 12.7 Å². The summed E-state index contributed by atoms with van der Waals surface area (Å²) in [6, 6.07) is 0. The summed E-state index contributed by atoms with van der Waals surface area (Å²) in [5, 5.41) is 3.05. The lowest BCUT2D eigenvalue weighted by Gasteiger charge is -2.00. The molecule has 0 fully saturated rings. The zero-order valence-electron chi connectivity index (χ0n) is 8.65. The first-order chi connectivity index (χ1) is 5.04. The summed E-state index contributed by atoms with van der Waals surface area (Å²) in [7, 11) is 1.94. The first kappa shape index (κ1) is 13.3. The van der Waals surface area contributed by atoms with Crippen LogP contribution >= 0.6 is 0 Å². The van der Waals surface area contributed by atoms with Gasteiger partial charge in [0.05, 0.1) is 0 Å². The molecule has 0 aromatic carbocycles. The second-order valence-corrected chi connectivity index (χ2v) is 3.50. The predicted molar refractivity (Wildman–Crippen MR) is 53.8 cm³/mol. The first-order valence-corrected chi connectivity index (χ1v) is 4.31. The molecule has 0 aromatic heterocycles. The van der Waals surface area contributed by atoms with Gasteiger partial charge in [-0.15, -0.1) is 6.58 Å². The van der Waals surface area contributed by atoms with Crippen molar-refractivity contribution < 1.29 is 0 Å². The second kappa shape index (κ2) is 9.70. The predicted octanol–water partition coefficient (Wildman–Crippen LogP) is 2.69. The minimum atomic E-state index is 0.602. The zero-order chi connectivity index (χ0) is 9.28. The fourth-order valence-electron chi connectivity index (χ4n) is 0.405. The molecular weight excluding hydrogens is 134 g/mol. The van der Waals surface area contributed by atoms with E-state index < -0.39 is 0 Å². The van der Waals surface area contributed by atoms with E-state index in [9.17, 15) is 0 Å². The molecule has 11 heavy (non-hydrogen) atoms. The van der Waals surface area contributed by atoms with Gasteiger partial charge in [0, 0.05) is 6.54 Å². The Morgan fingerprint density at radius 2 is 1.64 bits per heavy atom. The van der Waals surface area contributed by atoms with Crippen LogP contribution in [0.25, 0.3) is 0 Å². The van der Waals surface area contributed by atoms with Gasteiger partial charge in [-0.05, 0) is 18.9 Å². The van der Waals surface area contributed by atoms with Crippen molar-refractivity contribution in [3.63, 3.8) is 0 Å². The van der Waals surface area contributed by atoms with E-state index in [0.29, 0.717) is 5.92 Å². The standard InChI is InChI=1S/C6H13N.C4H10/c1-4-6(2)5-7-3;1-4(2)3/h4,6-7H,1,5H2,2-3H3;4H,1-3H3/t6-;/m0./s1. The van der Waals surface area contributed by atoms with Crippen molar-refractivity contribution in [2.24, 2.45) is 11.8 Å². The molecule has 0 radical (unpaired) electrons. The van der Waals surface area contributed by atoms with Crippen LogP contribution in [0.4, 0.5) is 0 Å². The summed E-state index contributed by atoms with van der Waals surface area (Å²) >= 11 is 0. The van der Waals surface area contributed by atoms with Gasteiger partial charge >= 0.3 is 0 Å². The van der Waals surface area contributed by atoms with E-state index in [0.717, 1.165) is 12.5 Å². The van der Waals surface area contributed by atoms with Crippen LogP contribution in [0.2, 0.25) is 0 Å². The highest BCUT2D eigenvalue weighted by molar-refractivity contribution is 4.75. The number of hydrogen-bond acceptors (Lipinski definition) is 1. The van der Waals surface area contributed by atoms with Gasteiger partial charge in [0.25, 0.3) is 0 Å². The summed E-state index contributed by atoms with van der Waals surface area (Å²) in [4.78, 5) is 0. The third kappa shape index (κ3) is 26.0. The van der Waals surface area contributed by atoms with Crippen LogP contribution in [0, 0.1) is 11.8 Å². The number of nitrogens with one attached hydrogen (secondary N) is 1. The molecule has 1 atom stereocenters. The summed E-state index contributed by atoms with van der Waals surface area (Å²) in [6.07, 6.45) is 1.94. The average molecular weight is 157 g/mol. The molecule has 0 bridgehead atoms. The lowest BCUT2D eigenvalue weighted by Crippen LogP contribution is -2.13. The molecule has 68 valence electrons. The van der Waals surface area contributed by atoms with Gasteiger partial charge in [-0.1, -0.05) is 33.8 Å². The Balaban J connectivity index is 0. The highest BCUT2D eigenvalue weighted by atomic mass is 14.8. The first-order valence-electron chi connectivity index (χ1n) is 4.31. The fraction of sp³-hybridized carbons (Fsp3) is 0.800. The summed E-state index contributed by atoms with van der Waals surface area (Å²) < 4.78 is 0. The van der Waals surface area contributed by atoms with Gasteiger partial charge in [-0.3, -0.25) is 0 Å². The van der Waals surface area contributed by atoms with Crippen LogP contribution in [-0.4, -0.2) is 13.6 Å². The third-order valence-electron chi connectivity index (χ3n) is 0.928. The Bertz CT molecular complexity index is 74.2. The maximum absolute atomic E-state index is 3.64. The number of rotatable bonds is 3. The lowest BCUT2D eigenvalue weighted by molar-refractivity contribution is 0.651. The molecule has 1 N–H and O–H groups in total. The molecule has 0 unspecified atom stereocenters. The molecule has 0 rings (SSSR count). The van der Waals surface area contributed by atoms with Crippen LogP contribution in [0.5, 0.6) is 0 Å². The Hall–Kier alpha value is -0.300. The normalized spacial score (nSPS) is 11.8. The van der Waals surface area contributed by atoms with Crippen LogP contribution in [-0.2, 0) is 0 Å². The van der Waals surface area contributed by atoms with Crippen LogP contribution in [0.15, 0.2) is 12.7 Å². The monoisotopic (exact) mass is 157 g/mol. The minimum absolute atomic E-state index is 0.602. The molecule has 0 saturated heterocycles. The zero-order valence-corrected chi connectivity index (χ0v) is 8.65. The van der Waals surface area contributed by atoms with Gasteiger partial charge in [0.1, 0.15) is 0 Å². The van der Waals surface area contributed by atoms with E-state index in [-0.39, 0.29) is 0 Å². The molecule has 1 heteroatoms. The molecule has 0 aromatic rings. The SMILES string of the molecule is C=C[C@H](C)CNC.CC(C)C. The largest absolute Gasteiger partial charge is 0.319 e. The maximum atomic E-state index is 3.64. The van der Waals surface area contributed by atoms with Gasteiger partial charge in [0.2, 0.25) is 0 Å². The topological polar surface area (TPSA) is 12.0 Å². The van der Waals surface area contributed by atoms with Crippen LogP contribution in [0.3, 0.4) is 0 Å². The Kier molecular flexibility index (Phi) is 11.7. The quantitative estimate of drug-likeness (QED) is 0.621. The average Bonchev–Trinajstić information content (AvgIpc) is 1.87. The van der Waals surface area contributed by atoms with Crippen molar-refractivity contribution in [1.29, 1.82) is 0 Å². The molecule has 1 nitrogen and oxygen atoms in total. The van der Waals surface area contributed by atoms with Gasteiger partial charge in [-0.25, -0.2) is 0 Å². The number of hydrogen-bond donors (Lipinski definition) is 1. The molecule has 0 saturated carbocycles. The van der Waals surface area contributed by atoms with E-state index in [1.54, 1.807) is 0 Å². The van der Waals surface area contributed by atoms with Crippen molar-refractivity contribution in [2.45, 2.75) is 27.7 Å². The van der Waals surface area contributed by atoms with Gasteiger partial charge in [-0.2, -0.15) is 0 Å². The van der Waals surface area contributed by atoms with Crippen molar-refractivity contribution >= 4 is 0 Å². The van der Waals surface area contributed by atoms with Crippen molar-refractivity contribution in [2.75, 3.05) is 13.6 Å². The Morgan fingerprint density at radius 3 is 1.73 bits per heavy atom. The van der Waals surface area contributed by atoms with Crippen LogP contribution in [0.1, 0.15) is 27.7 Å². The van der Waals surface area contributed by atoms with E-state index >= 15 is 0 Å². The van der Waals surface area contributed by atoms with Crippen molar-refractivity contribution in [3.8, 4) is 0 Å². The Morgan fingerprint density at radius 1 is 1.27 bits per heavy atom. The van der Waals surface area contributed by atoms with Crippen LogP contribution < -0.4 is 5.32 Å². The fourth-order valence-corrected chi connectivity index (χ4v) is 0.405. The second-order valence-electron chi connectivity index (χ2n) is 3.50. The van der Waals surface area contributed by atoms with E-state index in [2.05, 4.69) is 39.6 Å². The van der Waals surface area contributed by atoms with Gasteiger partial charge < -0.3 is 5.32 Å².